The number of aromatic nitrogens is 3. The Labute approximate surface area is 158 Å². The second-order valence-electron chi connectivity index (χ2n) is 8.38. The van der Waals surface area contributed by atoms with Gasteiger partial charge < -0.3 is 5.32 Å². The van der Waals surface area contributed by atoms with Gasteiger partial charge in [-0.15, -0.1) is 5.10 Å². The molecule has 0 spiro atoms. The maximum atomic E-state index is 12.4. The summed E-state index contributed by atoms with van der Waals surface area (Å²) in [5, 5.41) is 20.7. The summed E-state index contributed by atoms with van der Waals surface area (Å²) in [7, 11) is 0. The number of rotatable bonds is 5. The molecule has 3 aliphatic rings. The van der Waals surface area contributed by atoms with Crippen molar-refractivity contribution < 1.29 is 4.79 Å². The maximum Gasteiger partial charge on any atom is 0.251 e. The molecule has 27 heavy (non-hydrogen) atoms. The Morgan fingerprint density at radius 3 is 2.59 bits per heavy atom. The van der Waals surface area contributed by atoms with E-state index in [1.807, 2.05) is 0 Å². The molecule has 0 saturated heterocycles. The molecule has 0 bridgehead atoms. The largest absolute Gasteiger partial charge is 0.349 e. The zero-order chi connectivity index (χ0) is 18.5. The Hall–Kier alpha value is -2.68. The maximum absolute atomic E-state index is 12.4. The molecule has 1 N–H and O–H groups in total. The number of hydrogen-bond donors (Lipinski definition) is 1. The third-order valence-corrected chi connectivity index (χ3v) is 6.60. The van der Waals surface area contributed by atoms with Gasteiger partial charge in [-0.05, 0) is 74.6 Å². The molecule has 0 aliphatic heterocycles. The van der Waals surface area contributed by atoms with Gasteiger partial charge in [0.1, 0.15) is 0 Å². The fraction of sp³-hybridized carbons (Fsp3) is 0.524. The Balaban J connectivity index is 1.16. The highest BCUT2D eigenvalue weighted by molar-refractivity contribution is 5.94. The molecule has 5 atom stereocenters. The summed E-state index contributed by atoms with van der Waals surface area (Å²) >= 11 is 0. The molecule has 0 radical (unpaired) electrons. The fourth-order valence-electron chi connectivity index (χ4n) is 4.94. The summed E-state index contributed by atoms with van der Waals surface area (Å²) in [6.07, 6.45) is 6.94. The van der Waals surface area contributed by atoms with E-state index < -0.39 is 0 Å². The van der Waals surface area contributed by atoms with Crippen molar-refractivity contribution in [3.63, 3.8) is 0 Å². The van der Waals surface area contributed by atoms with Crippen molar-refractivity contribution in [2.45, 2.75) is 50.6 Å². The van der Waals surface area contributed by atoms with E-state index in [1.165, 1.54) is 12.8 Å². The number of benzene rings is 1. The molecule has 138 valence electrons. The smallest absolute Gasteiger partial charge is 0.251 e. The highest BCUT2D eigenvalue weighted by Gasteiger charge is 2.58. The summed E-state index contributed by atoms with van der Waals surface area (Å²) in [5.41, 5.74) is 2.34. The number of nitriles is 1. The van der Waals surface area contributed by atoms with Crippen molar-refractivity contribution in [1.29, 1.82) is 5.26 Å². The summed E-state index contributed by atoms with van der Waals surface area (Å²) in [5.74, 6) is 2.52. The first kappa shape index (κ1) is 16.5. The molecule has 1 aromatic heterocycles. The van der Waals surface area contributed by atoms with Crippen molar-refractivity contribution in [2.24, 2.45) is 17.8 Å². The minimum Gasteiger partial charge on any atom is -0.349 e. The van der Waals surface area contributed by atoms with Crippen LogP contribution in [0, 0.1) is 29.1 Å². The normalized spacial score (nSPS) is 29.6. The summed E-state index contributed by atoms with van der Waals surface area (Å²) in [6, 6.07) is 9.51. The third-order valence-electron chi connectivity index (χ3n) is 6.60. The lowest BCUT2D eigenvalue weighted by molar-refractivity contribution is 0.0932. The molecule has 2 aromatic rings. The van der Waals surface area contributed by atoms with E-state index in [2.05, 4.69) is 39.5 Å². The average molecular weight is 361 g/mol. The van der Waals surface area contributed by atoms with Gasteiger partial charge >= 0.3 is 0 Å². The number of nitrogens with one attached hydrogen (secondary N) is 1. The number of carbonyl (C=O) groups is 1. The number of carbonyl (C=O) groups excluding carboxylic acids is 1. The number of amides is 1. The zero-order valence-corrected chi connectivity index (χ0v) is 15.4. The predicted molar refractivity (Wildman–Crippen MR) is 98.8 cm³/mol. The molecule has 6 heteroatoms. The van der Waals surface area contributed by atoms with Crippen LogP contribution in [0.4, 0.5) is 0 Å². The van der Waals surface area contributed by atoms with Gasteiger partial charge in [-0.1, -0.05) is 5.21 Å². The van der Waals surface area contributed by atoms with Gasteiger partial charge in [0.2, 0.25) is 0 Å². The molecule has 1 aromatic carbocycles. The molecule has 3 unspecified atom stereocenters. The van der Waals surface area contributed by atoms with Gasteiger partial charge in [0.25, 0.3) is 5.91 Å². The molecular weight excluding hydrogens is 338 g/mol. The van der Waals surface area contributed by atoms with Crippen LogP contribution in [0.2, 0.25) is 0 Å². The molecular formula is C21H23N5O. The van der Waals surface area contributed by atoms with Crippen molar-refractivity contribution in [1.82, 2.24) is 20.3 Å². The predicted octanol–water partition coefficient (Wildman–Crippen LogP) is 3.04. The van der Waals surface area contributed by atoms with E-state index in [9.17, 15) is 4.79 Å². The zero-order valence-electron chi connectivity index (χ0n) is 15.4. The van der Waals surface area contributed by atoms with Crippen molar-refractivity contribution in [2.75, 3.05) is 0 Å². The molecule has 3 aliphatic carbocycles. The summed E-state index contributed by atoms with van der Waals surface area (Å²) in [4.78, 5) is 12.4. The standard InChI is InChI=1S/C21H23N5O/c1-12(23-21(27)15-4-2-13(10-22)3-5-15)20-17-8-16(9-18(17)20)26-11-19(24-25-26)14-6-7-14/h2-5,11-12,14,16-18,20H,6-9H2,1H3,(H,23,27)/t12?,16?,17-,18+,20?. The Bertz CT molecular complexity index is 895. The van der Waals surface area contributed by atoms with Crippen LogP contribution in [0.5, 0.6) is 0 Å². The monoisotopic (exact) mass is 361 g/mol. The lowest BCUT2D eigenvalue weighted by Gasteiger charge is -2.19. The number of fused-ring (bicyclic) bond motifs is 1. The Morgan fingerprint density at radius 2 is 1.96 bits per heavy atom. The molecule has 1 amide bonds. The number of hydrogen-bond acceptors (Lipinski definition) is 4. The minimum absolute atomic E-state index is 0.0566. The van der Waals surface area contributed by atoms with E-state index in [4.69, 9.17) is 5.26 Å². The Morgan fingerprint density at radius 1 is 1.26 bits per heavy atom. The van der Waals surface area contributed by atoms with Crippen LogP contribution in [0.1, 0.15) is 66.2 Å². The molecule has 6 nitrogen and oxygen atoms in total. The van der Waals surface area contributed by atoms with Gasteiger partial charge in [0.05, 0.1) is 23.4 Å². The van der Waals surface area contributed by atoms with E-state index in [0.717, 1.165) is 18.5 Å². The van der Waals surface area contributed by atoms with Crippen LogP contribution >= 0.6 is 0 Å². The van der Waals surface area contributed by atoms with Gasteiger partial charge in [-0.2, -0.15) is 5.26 Å². The van der Waals surface area contributed by atoms with Crippen molar-refractivity contribution in [3.8, 4) is 6.07 Å². The molecule has 1 heterocycles. The topological polar surface area (TPSA) is 83.6 Å². The second-order valence-corrected chi connectivity index (χ2v) is 8.38. The number of nitrogens with zero attached hydrogens (tertiary/aromatic N) is 4. The second kappa shape index (κ2) is 6.19. The highest BCUT2D eigenvalue weighted by Crippen LogP contribution is 2.62. The van der Waals surface area contributed by atoms with E-state index in [-0.39, 0.29) is 11.9 Å². The lowest BCUT2D eigenvalue weighted by atomic mass is 10.0. The lowest BCUT2D eigenvalue weighted by Crippen LogP contribution is -2.35. The van der Waals surface area contributed by atoms with Crippen LogP contribution < -0.4 is 5.32 Å². The van der Waals surface area contributed by atoms with Crippen LogP contribution in [0.25, 0.3) is 0 Å². The fourth-order valence-corrected chi connectivity index (χ4v) is 4.94. The van der Waals surface area contributed by atoms with Crippen molar-refractivity contribution >= 4 is 5.91 Å². The molecule has 3 saturated carbocycles. The van der Waals surface area contributed by atoms with Crippen LogP contribution in [0.3, 0.4) is 0 Å². The van der Waals surface area contributed by atoms with E-state index in [1.54, 1.807) is 24.3 Å². The third kappa shape index (κ3) is 3.01. The first-order valence-corrected chi connectivity index (χ1v) is 9.87. The Kier molecular flexibility index (Phi) is 3.78. The van der Waals surface area contributed by atoms with Gasteiger partial charge in [-0.25, -0.2) is 4.68 Å². The van der Waals surface area contributed by atoms with E-state index in [0.29, 0.717) is 40.8 Å². The van der Waals surface area contributed by atoms with Crippen LogP contribution in [-0.4, -0.2) is 26.9 Å². The highest BCUT2D eigenvalue weighted by atomic mass is 16.1. The summed E-state index contributed by atoms with van der Waals surface area (Å²) < 4.78 is 2.08. The van der Waals surface area contributed by atoms with E-state index >= 15 is 0 Å². The van der Waals surface area contributed by atoms with Gasteiger partial charge in [-0.3, -0.25) is 4.79 Å². The van der Waals surface area contributed by atoms with Crippen molar-refractivity contribution in [3.05, 3.63) is 47.3 Å². The summed E-state index contributed by atoms with van der Waals surface area (Å²) in [6.45, 7) is 2.11. The van der Waals surface area contributed by atoms with Gasteiger partial charge in [0.15, 0.2) is 0 Å². The van der Waals surface area contributed by atoms with Crippen LogP contribution in [-0.2, 0) is 0 Å². The molecule has 3 fully saturated rings. The quantitative estimate of drug-likeness (QED) is 0.887. The first-order chi connectivity index (χ1) is 13.1. The minimum atomic E-state index is -0.0566. The van der Waals surface area contributed by atoms with Gasteiger partial charge in [0, 0.05) is 23.7 Å². The SMILES string of the molecule is CC(NC(=O)c1ccc(C#N)cc1)C1[C@H]2CC(n3cc(C4CC4)nn3)C[C@@H]12. The van der Waals surface area contributed by atoms with Crippen LogP contribution in [0.15, 0.2) is 30.5 Å². The average Bonchev–Trinajstić information content (AvgIpc) is 3.55. The molecule has 5 rings (SSSR count). The first-order valence-electron chi connectivity index (χ1n) is 9.87.